The summed E-state index contributed by atoms with van der Waals surface area (Å²) in [6.07, 6.45) is 15.4. The zero-order chi connectivity index (χ0) is 32.9. The molecule has 9 heteroatoms. The Morgan fingerprint density at radius 2 is 0.957 bits per heavy atom. The van der Waals surface area contributed by atoms with Crippen LogP contribution in [0.2, 0.25) is 0 Å². The number of amides is 4. The number of carbonyl (C=O) groups is 4. The highest BCUT2D eigenvalue weighted by atomic mass is 32.1. The molecule has 0 unspecified atom stereocenters. The number of rotatable bonds is 14. The molecule has 1 aromatic heterocycles. The van der Waals surface area contributed by atoms with Crippen LogP contribution in [-0.2, 0) is 0 Å². The highest BCUT2D eigenvalue weighted by molar-refractivity contribution is 7.00. The molecule has 6 rings (SSSR count). The van der Waals surface area contributed by atoms with Crippen LogP contribution >= 0.6 is 11.7 Å². The van der Waals surface area contributed by atoms with Crippen molar-refractivity contribution < 1.29 is 19.2 Å². The van der Waals surface area contributed by atoms with Gasteiger partial charge >= 0.3 is 0 Å². The molecule has 240 valence electrons. The minimum Gasteiger partial charge on any atom is -0.274 e. The third kappa shape index (κ3) is 6.32. The van der Waals surface area contributed by atoms with Crippen LogP contribution in [-0.4, -0.2) is 55.3 Å². The van der Waals surface area contributed by atoms with Gasteiger partial charge in [0.05, 0.1) is 34.0 Å². The molecule has 4 aromatic rings. The zero-order valence-electron chi connectivity index (χ0n) is 26.8. The SMILES string of the molecule is CCCCCCN1C(=O)c2cccc(/C=C/c3ccc(/C=C/c4cccc5c4C(=O)N(CCCCCC)C5=O)c4nsnc34)c2C1=O. The monoisotopic (exact) mass is 646 g/mol. The number of carbonyl (C=O) groups excluding carboxylic acids is 4. The second-order valence-electron chi connectivity index (χ2n) is 12.1. The van der Waals surface area contributed by atoms with Gasteiger partial charge in [-0.1, -0.05) is 113 Å². The van der Waals surface area contributed by atoms with Gasteiger partial charge in [0.25, 0.3) is 23.6 Å². The lowest BCUT2D eigenvalue weighted by Crippen LogP contribution is -2.30. The zero-order valence-corrected chi connectivity index (χ0v) is 27.6. The fraction of sp³-hybridized carbons (Fsp3) is 0.316. The lowest BCUT2D eigenvalue weighted by atomic mass is 10.00. The topological polar surface area (TPSA) is 101 Å². The molecule has 0 atom stereocenters. The molecule has 0 aliphatic carbocycles. The average molecular weight is 647 g/mol. The molecule has 0 saturated heterocycles. The molecule has 0 N–H and O–H groups in total. The Balaban J connectivity index is 1.22. The van der Waals surface area contributed by atoms with Gasteiger partial charge in [-0.3, -0.25) is 29.0 Å². The van der Waals surface area contributed by atoms with Crippen molar-refractivity contribution in [3.05, 3.63) is 93.0 Å². The second kappa shape index (κ2) is 14.3. The summed E-state index contributed by atoms with van der Waals surface area (Å²) in [6.45, 7) is 5.13. The second-order valence-corrected chi connectivity index (χ2v) is 12.6. The van der Waals surface area contributed by atoms with E-state index >= 15 is 0 Å². The van der Waals surface area contributed by atoms with E-state index in [0.717, 1.165) is 74.2 Å². The third-order valence-electron chi connectivity index (χ3n) is 8.90. The molecule has 3 heterocycles. The normalized spacial score (nSPS) is 14.5. The van der Waals surface area contributed by atoms with Crippen LogP contribution < -0.4 is 0 Å². The van der Waals surface area contributed by atoms with Gasteiger partial charge < -0.3 is 0 Å². The first-order chi connectivity index (χ1) is 22.9. The standard InChI is InChI=1S/C38H38N4O4S/c1-3-5-7-9-23-41-35(43)29-15-11-13-25(31(29)37(41)45)17-19-27-21-22-28(34-33(27)39-47-40-34)20-18-26-14-12-16-30-32(26)38(46)42(36(30)44)24-10-8-6-4-2/h11-22H,3-10,23-24H2,1-2H3/b19-17+,20-18+. The molecule has 47 heavy (non-hydrogen) atoms. The average Bonchev–Trinajstić information content (AvgIpc) is 3.74. The number of hydrogen-bond acceptors (Lipinski definition) is 7. The van der Waals surface area contributed by atoms with E-state index in [4.69, 9.17) is 0 Å². The van der Waals surface area contributed by atoms with E-state index in [1.807, 2.05) is 60.7 Å². The van der Waals surface area contributed by atoms with Gasteiger partial charge in [0, 0.05) is 24.2 Å². The molecule has 2 aliphatic heterocycles. The summed E-state index contributed by atoms with van der Waals surface area (Å²) in [4.78, 5) is 55.4. The van der Waals surface area contributed by atoms with Crippen molar-refractivity contribution in [2.75, 3.05) is 13.1 Å². The largest absolute Gasteiger partial charge is 0.274 e. The summed E-state index contributed by atoms with van der Waals surface area (Å²) < 4.78 is 9.10. The predicted molar refractivity (Wildman–Crippen MR) is 187 cm³/mol. The number of fused-ring (bicyclic) bond motifs is 3. The van der Waals surface area contributed by atoms with Crippen LogP contribution in [0.1, 0.15) is 129 Å². The minimum atomic E-state index is -0.241. The smallest absolute Gasteiger partial charge is 0.262 e. The number of nitrogens with zero attached hydrogens (tertiary/aromatic N) is 4. The van der Waals surface area contributed by atoms with Crippen LogP contribution in [0.25, 0.3) is 35.3 Å². The van der Waals surface area contributed by atoms with Gasteiger partial charge in [-0.05, 0) is 36.1 Å². The summed E-state index contributed by atoms with van der Waals surface area (Å²) in [5.41, 5.74) is 6.24. The maximum Gasteiger partial charge on any atom is 0.262 e. The number of hydrogen-bond donors (Lipinski definition) is 0. The van der Waals surface area contributed by atoms with E-state index in [0.29, 0.717) is 57.5 Å². The Bertz CT molecular complexity index is 1790. The van der Waals surface area contributed by atoms with Crippen molar-refractivity contribution >= 4 is 70.7 Å². The summed E-state index contributed by atoms with van der Waals surface area (Å²) >= 11 is 1.11. The van der Waals surface area contributed by atoms with Crippen LogP contribution in [0.5, 0.6) is 0 Å². The van der Waals surface area contributed by atoms with Crippen molar-refractivity contribution in [3.8, 4) is 0 Å². The first-order valence-corrected chi connectivity index (χ1v) is 17.3. The Hall–Kier alpha value is -4.76. The summed E-state index contributed by atoms with van der Waals surface area (Å²) in [5, 5.41) is 0. The van der Waals surface area contributed by atoms with Crippen molar-refractivity contribution in [2.45, 2.75) is 65.2 Å². The fourth-order valence-corrected chi connectivity index (χ4v) is 6.92. The number of imide groups is 2. The van der Waals surface area contributed by atoms with Crippen molar-refractivity contribution in [2.24, 2.45) is 0 Å². The maximum atomic E-state index is 13.3. The van der Waals surface area contributed by atoms with Crippen LogP contribution in [0.15, 0.2) is 48.5 Å². The van der Waals surface area contributed by atoms with Crippen molar-refractivity contribution in [1.29, 1.82) is 0 Å². The minimum absolute atomic E-state index is 0.228. The van der Waals surface area contributed by atoms with E-state index in [9.17, 15) is 19.2 Å². The molecular formula is C38H38N4O4S. The fourth-order valence-electron chi connectivity index (χ4n) is 6.33. The lowest BCUT2D eigenvalue weighted by molar-refractivity contribution is 0.0636. The lowest BCUT2D eigenvalue weighted by Gasteiger charge is -2.13. The van der Waals surface area contributed by atoms with E-state index in [2.05, 4.69) is 22.6 Å². The van der Waals surface area contributed by atoms with Gasteiger partial charge in [-0.2, -0.15) is 8.75 Å². The first kappa shape index (κ1) is 32.2. The van der Waals surface area contributed by atoms with Gasteiger partial charge in [0.1, 0.15) is 11.0 Å². The summed E-state index contributed by atoms with van der Waals surface area (Å²) in [5.74, 6) is -0.938. The molecule has 0 radical (unpaired) electrons. The molecule has 0 bridgehead atoms. The van der Waals surface area contributed by atoms with Gasteiger partial charge in [0.2, 0.25) is 0 Å². The van der Waals surface area contributed by atoms with Crippen LogP contribution in [0.4, 0.5) is 0 Å². The molecule has 0 spiro atoms. The quantitative estimate of drug-likeness (QED) is 0.0775. The highest BCUT2D eigenvalue weighted by Gasteiger charge is 2.37. The van der Waals surface area contributed by atoms with Crippen molar-refractivity contribution in [3.63, 3.8) is 0 Å². The van der Waals surface area contributed by atoms with Crippen molar-refractivity contribution in [1.82, 2.24) is 18.5 Å². The molecule has 4 amide bonds. The molecule has 8 nitrogen and oxygen atoms in total. The predicted octanol–water partition coefficient (Wildman–Crippen LogP) is 8.38. The van der Waals surface area contributed by atoms with Gasteiger partial charge in [-0.25, -0.2) is 0 Å². The molecule has 3 aromatic carbocycles. The third-order valence-corrected chi connectivity index (χ3v) is 9.42. The number of unbranched alkanes of at least 4 members (excludes halogenated alkanes) is 6. The van der Waals surface area contributed by atoms with Crippen LogP contribution in [0.3, 0.4) is 0 Å². The number of aromatic nitrogens is 2. The van der Waals surface area contributed by atoms with E-state index < -0.39 is 0 Å². The van der Waals surface area contributed by atoms with Gasteiger partial charge in [-0.15, -0.1) is 0 Å². The molecule has 0 fully saturated rings. The Labute approximate surface area is 279 Å². The maximum absolute atomic E-state index is 13.3. The molecular weight excluding hydrogens is 609 g/mol. The first-order valence-electron chi connectivity index (χ1n) is 16.5. The Morgan fingerprint density at radius 1 is 0.532 bits per heavy atom. The van der Waals surface area contributed by atoms with E-state index in [1.54, 1.807) is 12.1 Å². The molecule has 0 saturated carbocycles. The van der Waals surface area contributed by atoms with Crippen LogP contribution in [0, 0.1) is 0 Å². The summed E-state index contributed by atoms with van der Waals surface area (Å²) in [7, 11) is 0. The van der Waals surface area contributed by atoms with E-state index in [1.165, 1.54) is 9.80 Å². The van der Waals surface area contributed by atoms with Gasteiger partial charge in [0.15, 0.2) is 0 Å². The Morgan fingerprint density at radius 3 is 1.38 bits per heavy atom. The highest BCUT2D eigenvalue weighted by Crippen LogP contribution is 2.31. The number of benzene rings is 3. The van der Waals surface area contributed by atoms with E-state index in [-0.39, 0.29) is 23.6 Å². The molecule has 2 aliphatic rings. The summed E-state index contributed by atoms with van der Waals surface area (Å²) in [6, 6.07) is 14.6. The Kier molecular flexibility index (Phi) is 9.82.